The number of nitrogens with one attached hydrogen (secondary N) is 1. The van der Waals surface area contributed by atoms with Crippen molar-refractivity contribution in [2.75, 3.05) is 6.54 Å². The molecule has 0 aliphatic heterocycles. The minimum absolute atomic E-state index is 0.122. The van der Waals surface area contributed by atoms with Crippen LogP contribution in [0.25, 0.3) is 0 Å². The maximum absolute atomic E-state index is 12.7. The number of benzene rings is 1. The Balaban J connectivity index is 2.90. The minimum Gasteiger partial charge on any atom is -0.215 e. The van der Waals surface area contributed by atoms with Gasteiger partial charge in [0.25, 0.3) is 0 Å². The van der Waals surface area contributed by atoms with E-state index in [1.807, 2.05) is 0 Å². The van der Waals surface area contributed by atoms with Gasteiger partial charge in [-0.25, -0.2) is 17.5 Å². The topological polar surface area (TPSA) is 46.2 Å². The van der Waals surface area contributed by atoms with E-state index in [2.05, 4.69) is 4.72 Å². The molecule has 0 saturated heterocycles. The normalized spacial score (nSPS) is 11.7. The fourth-order valence-corrected chi connectivity index (χ4v) is 2.63. The van der Waals surface area contributed by atoms with Gasteiger partial charge in [0.05, 0.1) is 5.75 Å². The maximum atomic E-state index is 12.7. The molecular formula is C9H11ClFNO2S. The van der Waals surface area contributed by atoms with Crippen molar-refractivity contribution in [3.8, 4) is 0 Å². The zero-order valence-electron chi connectivity index (χ0n) is 8.13. The third-order valence-electron chi connectivity index (χ3n) is 1.72. The second-order valence-corrected chi connectivity index (χ2v) is 5.21. The molecule has 0 fully saturated rings. The summed E-state index contributed by atoms with van der Waals surface area (Å²) in [5.41, 5.74) is 0.388. The van der Waals surface area contributed by atoms with Gasteiger partial charge in [-0.15, -0.1) is 0 Å². The highest BCUT2D eigenvalue weighted by atomic mass is 35.5. The highest BCUT2D eigenvalue weighted by Crippen LogP contribution is 2.19. The third-order valence-corrected chi connectivity index (χ3v) is 3.50. The molecule has 0 amide bonds. The predicted molar refractivity (Wildman–Crippen MR) is 57.7 cm³/mol. The first-order valence-electron chi connectivity index (χ1n) is 4.36. The lowest BCUT2D eigenvalue weighted by Crippen LogP contribution is -2.24. The summed E-state index contributed by atoms with van der Waals surface area (Å²) in [6, 6.07) is 3.65. The lowest BCUT2D eigenvalue weighted by Gasteiger charge is -2.06. The first-order valence-corrected chi connectivity index (χ1v) is 6.39. The second kappa shape index (κ2) is 4.92. The molecule has 0 radical (unpaired) electrons. The SMILES string of the molecule is CCNS(=O)(=O)Cc1ccc(F)cc1Cl. The van der Waals surface area contributed by atoms with Gasteiger partial charge in [0.15, 0.2) is 0 Å². The van der Waals surface area contributed by atoms with Crippen LogP contribution in [0.1, 0.15) is 12.5 Å². The van der Waals surface area contributed by atoms with Crippen molar-refractivity contribution in [3.63, 3.8) is 0 Å². The molecule has 0 atom stereocenters. The van der Waals surface area contributed by atoms with Crippen LogP contribution in [0.2, 0.25) is 5.02 Å². The molecule has 0 unspecified atom stereocenters. The molecule has 0 aromatic heterocycles. The van der Waals surface area contributed by atoms with E-state index in [0.717, 1.165) is 6.07 Å². The monoisotopic (exact) mass is 251 g/mol. The lowest BCUT2D eigenvalue weighted by molar-refractivity contribution is 0.582. The van der Waals surface area contributed by atoms with Gasteiger partial charge in [-0.3, -0.25) is 0 Å². The molecular weight excluding hydrogens is 241 g/mol. The number of hydrogen-bond acceptors (Lipinski definition) is 2. The van der Waals surface area contributed by atoms with Crippen molar-refractivity contribution < 1.29 is 12.8 Å². The fraction of sp³-hybridized carbons (Fsp3) is 0.333. The van der Waals surface area contributed by atoms with Crippen LogP contribution in [-0.2, 0) is 15.8 Å². The molecule has 1 rings (SSSR count). The highest BCUT2D eigenvalue weighted by Gasteiger charge is 2.12. The lowest BCUT2D eigenvalue weighted by atomic mass is 10.2. The van der Waals surface area contributed by atoms with Gasteiger partial charge in [0.1, 0.15) is 5.82 Å². The summed E-state index contributed by atoms with van der Waals surface area (Å²) >= 11 is 5.70. The van der Waals surface area contributed by atoms with Crippen LogP contribution in [-0.4, -0.2) is 15.0 Å². The molecule has 1 aromatic rings. The number of sulfonamides is 1. The van der Waals surface area contributed by atoms with Crippen LogP contribution >= 0.6 is 11.6 Å². The Morgan fingerprint density at radius 3 is 2.67 bits per heavy atom. The minimum atomic E-state index is -3.38. The van der Waals surface area contributed by atoms with Gasteiger partial charge in [0.2, 0.25) is 10.0 Å². The Labute approximate surface area is 93.3 Å². The summed E-state index contributed by atoms with van der Waals surface area (Å²) in [6.07, 6.45) is 0. The first-order chi connectivity index (χ1) is 6.94. The van der Waals surface area contributed by atoms with E-state index in [4.69, 9.17) is 11.6 Å². The van der Waals surface area contributed by atoms with Crippen LogP contribution < -0.4 is 4.72 Å². The van der Waals surface area contributed by atoms with Gasteiger partial charge in [-0.2, -0.15) is 0 Å². The van der Waals surface area contributed by atoms with E-state index in [1.165, 1.54) is 12.1 Å². The summed E-state index contributed by atoms with van der Waals surface area (Å²) in [5, 5.41) is 0.122. The average Bonchev–Trinajstić information content (AvgIpc) is 2.09. The van der Waals surface area contributed by atoms with E-state index in [9.17, 15) is 12.8 Å². The zero-order valence-corrected chi connectivity index (χ0v) is 9.70. The summed E-state index contributed by atoms with van der Waals surface area (Å²) in [6.45, 7) is 2.00. The second-order valence-electron chi connectivity index (χ2n) is 2.99. The number of hydrogen-bond donors (Lipinski definition) is 1. The molecule has 0 aliphatic carbocycles. The fourth-order valence-electron chi connectivity index (χ4n) is 1.11. The number of halogens is 2. The van der Waals surface area contributed by atoms with E-state index in [1.54, 1.807) is 6.92 Å². The van der Waals surface area contributed by atoms with Gasteiger partial charge in [-0.05, 0) is 17.7 Å². The van der Waals surface area contributed by atoms with E-state index >= 15 is 0 Å². The molecule has 1 aromatic carbocycles. The Bertz CT molecular complexity index is 447. The van der Waals surface area contributed by atoms with E-state index < -0.39 is 15.8 Å². The molecule has 1 N–H and O–H groups in total. The molecule has 0 heterocycles. The van der Waals surface area contributed by atoms with Gasteiger partial charge in [-0.1, -0.05) is 24.6 Å². The van der Waals surface area contributed by atoms with E-state index in [-0.39, 0.29) is 10.8 Å². The largest absolute Gasteiger partial charge is 0.215 e. The predicted octanol–water partition coefficient (Wildman–Crippen LogP) is 1.92. The number of rotatable bonds is 4. The Morgan fingerprint density at radius 1 is 1.47 bits per heavy atom. The Hall–Kier alpha value is -0.650. The molecule has 0 aliphatic rings. The molecule has 0 bridgehead atoms. The van der Waals surface area contributed by atoms with Crippen molar-refractivity contribution >= 4 is 21.6 Å². The van der Waals surface area contributed by atoms with Crippen LogP contribution in [0.5, 0.6) is 0 Å². The van der Waals surface area contributed by atoms with Crippen LogP contribution in [0.15, 0.2) is 18.2 Å². The maximum Gasteiger partial charge on any atom is 0.215 e. The molecule has 0 saturated carbocycles. The molecule has 84 valence electrons. The smallest absolute Gasteiger partial charge is 0.215 e. The van der Waals surface area contributed by atoms with Gasteiger partial charge >= 0.3 is 0 Å². The van der Waals surface area contributed by atoms with Crippen molar-refractivity contribution in [3.05, 3.63) is 34.6 Å². The van der Waals surface area contributed by atoms with Crippen molar-refractivity contribution in [1.82, 2.24) is 4.72 Å². The van der Waals surface area contributed by atoms with Crippen molar-refractivity contribution in [1.29, 1.82) is 0 Å². The first kappa shape index (κ1) is 12.4. The third kappa shape index (κ3) is 3.77. The van der Waals surface area contributed by atoms with Crippen LogP contribution in [0, 0.1) is 5.82 Å². The molecule has 6 heteroatoms. The Kier molecular flexibility index (Phi) is 4.07. The van der Waals surface area contributed by atoms with Crippen molar-refractivity contribution in [2.45, 2.75) is 12.7 Å². The molecule has 3 nitrogen and oxygen atoms in total. The van der Waals surface area contributed by atoms with Crippen molar-refractivity contribution in [2.24, 2.45) is 0 Å². The van der Waals surface area contributed by atoms with Gasteiger partial charge < -0.3 is 0 Å². The molecule has 0 spiro atoms. The van der Waals surface area contributed by atoms with Crippen LogP contribution in [0.3, 0.4) is 0 Å². The van der Waals surface area contributed by atoms with E-state index in [0.29, 0.717) is 12.1 Å². The Morgan fingerprint density at radius 2 is 2.13 bits per heavy atom. The zero-order chi connectivity index (χ0) is 11.5. The average molecular weight is 252 g/mol. The summed E-state index contributed by atoms with van der Waals surface area (Å²) in [4.78, 5) is 0. The quantitative estimate of drug-likeness (QED) is 0.889. The standard InChI is InChI=1S/C9H11ClFNO2S/c1-2-12-15(13,14)6-7-3-4-8(11)5-9(7)10/h3-5,12H,2,6H2,1H3. The highest BCUT2D eigenvalue weighted by molar-refractivity contribution is 7.88. The summed E-state index contributed by atoms with van der Waals surface area (Å²) in [5.74, 6) is -0.718. The van der Waals surface area contributed by atoms with Crippen LogP contribution in [0.4, 0.5) is 4.39 Å². The summed E-state index contributed by atoms with van der Waals surface area (Å²) in [7, 11) is -3.38. The van der Waals surface area contributed by atoms with Gasteiger partial charge in [0, 0.05) is 11.6 Å². The summed E-state index contributed by atoms with van der Waals surface area (Å²) < 4.78 is 37.8. The molecule has 15 heavy (non-hydrogen) atoms.